The Hall–Kier alpha value is -2.30. The van der Waals surface area contributed by atoms with Gasteiger partial charge in [0.25, 0.3) is 0 Å². The Morgan fingerprint density at radius 3 is 2.04 bits per heavy atom. The van der Waals surface area contributed by atoms with Gasteiger partial charge in [0.15, 0.2) is 0 Å². The minimum Gasteiger partial charge on any atom is -0.313 e. The van der Waals surface area contributed by atoms with E-state index < -0.39 is 0 Å². The number of hydrogen-bond donors (Lipinski definition) is 1. The average Bonchev–Trinajstić information content (AvgIpc) is 2.61. The summed E-state index contributed by atoms with van der Waals surface area (Å²) in [5, 5.41) is 3.49. The minimum atomic E-state index is 0.930. The fourth-order valence-electron chi connectivity index (χ4n) is 2.42. The van der Waals surface area contributed by atoms with Gasteiger partial charge in [-0.25, -0.2) is 0 Å². The van der Waals surface area contributed by atoms with Gasteiger partial charge in [-0.15, -0.1) is 0 Å². The number of benzene rings is 2. The van der Waals surface area contributed by atoms with Gasteiger partial charge in [-0.1, -0.05) is 68.0 Å². The molecule has 0 aliphatic rings. The molecule has 1 nitrogen and oxygen atoms in total. The normalized spacial score (nSPS) is 10.1. The molecule has 0 radical (unpaired) electrons. The summed E-state index contributed by atoms with van der Waals surface area (Å²) in [5.41, 5.74) is 5.63. The smallest absolute Gasteiger partial charge is 0.0249 e. The highest BCUT2D eigenvalue weighted by Gasteiger charge is 1.94. The maximum absolute atomic E-state index is 3.95. The van der Waals surface area contributed by atoms with E-state index in [0.29, 0.717) is 0 Å². The van der Waals surface area contributed by atoms with E-state index in [1.54, 1.807) is 0 Å². The van der Waals surface area contributed by atoms with Gasteiger partial charge in [-0.05, 0) is 55.3 Å². The molecule has 0 fully saturated rings. The van der Waals surface area contributed by atoms with Crippen LogP contribution in [-0.2, 0) is 6.54 Å². The lowest BCUT2D eigenvalue weighted by atomic mass is 10.1. The highest BCUT2D eigenvalue weighted by atomic mass is 14.8. The zero-order valence-electron chi connectivity index (χ0n) is 14.9. The van der Waals surface area contributed by atoms with Crippen LogP contribution in [0, 0.1) is 11.8 Å². The topological polar surface area (TPSA) is 12.0 Å². The quantitative estimate of drug-likeness (QED) is 0.532. The van der Waals surface area contributed by atoms with Crippen molar-refractivity contribution in [2.24, 2.45) is 0 Å². The third-order valence-corrected chi connectivity index (χ3v) is 3.97. The van der Waals surface area contributed by atoms with Crippen molar-refractivity contribution in [2.75, 3.05) is 6.54 Å². The van der Waals surface area contributed by atoms with Crippen molar-refractivity contribution in [3.8, 4) is 11.8 Å². The maximum atomic E-state index is 3.95. The lowest BCUT2D eigenvalue weighted by molar-refractivity contribution is 0.617. The highest BCUT2D eigenvalue weighted by Crippen LogP contribution is 2.12. The molecule has 0 aromatic heterocycles. The molecule has 2 aromatic rings. The van der Waals surface area contributed by atoms with Crippen LogP contribution in [0.15, 0.2) is 55.1 Å². The van der Waals surface area contributed by atoms with E-state index >= 15 is 0 Å². The monoisotopic (exact) mass is 317 g/mol. The average molecular weight is 317 g/mol. The second-order valence-corrected chi connectivity index (χ2v) is 6.19. The summed E-state index contributed by atoms with van der Waals surface area (Å²) in [4.78, 5) is 0. The molecule has 0 aliphatic heterocycles. The molecule has 1 N–H and O–H groups in total. The van der Waals surface area contributed by atoms with Crippen molar-refractivity contribution in [3.05, 3.63) is 77.4 Å². The van der Waals surface area contributed by atoms with Gasteiger partial charge in [-0.3, -0.25) is 0 Å². The molecule has 124 valence electrons. The lowest BCUT2D eigenvalue weighted by Crippen LogP contribution is -2.14. The summed E-state index contributed by atoms with van der Waals surface area (Å²) in [7, 11) is 0. The van der Waals surface area contributed by atoms with Crippen molar-refractivity contribution < 1.29 is 0 Å². The summed E-state index contributed by atoms with van der Waals surface area (Å²) in [6.07, 6.45) is 3.82. The molecular formula is C23H27N. The molecule has 0 saturated heterocycles. The molecule has 0 spiro atoms. The van der Waals surface area contributed by atoms with Gasteiger partial charge in [0, 0.05) is 17.7 Å². The largest absolute Gasteiger partial charge is 0.313 e. The molecular weight excluding hydrogens is 290 g/mol. The van der Waals surface area contributed by atoms with Crippen molar-refractivity contribution in [2.45, 2.75) is 39.7 Å². The van der Waals surface area contributed by atoms with Crippen LogP contribution in [-0.4, -0.2) is 6.54 Å². The molecule has 0 amide bonds. The summed E-state index contributed by atoms with van der Waals surface area (Å²) in [6.45, 7) is 10.2. The first kappa shape index (κ1) is 18.0. The first-order chi connectivity index (χ1) is 11.7. The standard InChI is InChI=1S/C23H27N/c1-4-5-6-17-24-18-22-11-9-20(10-12-22)7-8-21-13-15-23(16-14-21)19(2)3/h9-16,24H,2,4-6,17-18H2,1,3H3. The van der Waals surface area contributed by atoms with Crippen molar-refractivity contribution in [1.29, 1.82) is 0 Å². The molecule has 2 rings (SSSR count). The Balaban J connectivity index is 1.88. The molecule has 2 aromatic carbocycles. The van der Waals surface area contributed by atoms with Crippen LogP contribution in [0.3, 0.4) is 0 Å². The van der Waals surface area contributed by atoms with Crippen LogP contribution in [0.5, 0.6) is 0 Å². The maximum Gasteiger partial charge on any atom is 0.0249 e. The zero-order chi connectivity index (χ0) is 17.2. The number of unbranched alkanes of at least 4 members (excludes halogenated alkanes) is 2. The number of rotatable bonds is 7. The van der Waals surface area contributed by atoms with Gasteiger partial charge in [0.1, 0.15) is 0 Å². The number of hydrogen-bond acceptors (Lipinski definition) is 1. The molecule has 24 heavy (non-hydrogen) atoms. The van der Waals surface area contributed by atoms with Crippen LogP contribution >= 0.6 is 0 Å². The first-order valence-corrected chi connectivity index (χ1v) is 8.76. The van der Waals surface area contributed by atoms with Gasteiger partial charge in [-0.2, -0.15) is 0 Å². The molecule has 1 heteroatoms. The van der Waals surface area contributed by atoms with Crippen LogP contribution < -0.4 is 5.32 Å². The Bertz CT molecular complexity index is 696. The van der Waals surface area contributed by atoms with Crippen LogP contribution in [0.1, 0.15) is 55.4 Å². The van der Waals surface area contributed by atoms with Crippen LogP contribution in [0.2, 0.25) is 0 Å². The van der Waals surface area contributed by atoms with E-state index in [0.717, 1.165) is 35.4 Å². The molecule has 0 saturated carbocycles. The van der Waals surface area contributed by atoms with Gasteiger partial charge < -0.3 is 5.32 Å². The molecule has 0 heterocycles. The minimum absolute atomic E-state index is 0.930. The number of allylic oxidation sites excluding steroid dienone is 1. The zero-order valence-corrected chi connectivity index (χ0v) is 14.9. The second-order valence-electron chi connectivity index (χ2n) is 6.19. The predicted molar refractivity (Wildman–Crippen MR) is 105 cm³/mol. The highest BCUT2D eigenvalue weighted by molar-refractivity contribution is 5.62. The molecule has 0 bridgehead atoms. The molecule has 0 aliphatic carbocycles. The van der Waals surface area contributed by atoms with E-state index in [1.807, 2.05) is 19.1 Å². The SMILES string of the molecule is C=C(C)c1ccc(C#Cc2ccc(CNCCCCC)cc2)cc1. The number of nitrogens with one attached hydrogen (secondary N) is 1. The lowest BCUT2D eigenvalue weighted by Gasteiger charge is -2.04. The van der Waals surface area contributed by atoms with Crippen LogP contribution in [0.25, 0.3) is 5.57 Å². The summed E-state index contributed by atoms with van der Waals surface area (Å²) >= 11 is 0. The van der Waals surface area contributed by atoms with Gasteiger partial charge in [0.2, 0.25) is 0 Å². The first-order valence-electron chi connectivity index (χ1n) is 8.76. The predicted octanol–water partition coefficient (Wildman–Crippen LogP) is 5.40. The fraction of sp³-hybridized carbons (Fsp3) is 0.304. The summed E-state index contributed by atoms with van der Waals surface area (Å²) < 4.78 is 0. The van der Waals surface area contributed by atoms with Gasteiger partial charge in [0.05, 0.1) is 0 Å². The molecule has 0 unspecified atom stereocenters. The second kappa shape index (κ2) is 9.75. The summed E-state index contributed by atoms with van der Waals surface area (Å²) in [6, 6.07) is 16.7. The Morgan fingerprint density at radius 2 is 1.50 bits per heavy atom. The van der Waals surface area contributed by atoms with E-state index in [1.165, 1.54) is 24.8 Å². The van der Waals surface area contributed by atoms with E-state index in [-0.39, 0.29) is 0 Å². The fourth-order valence-corrected chi connectivity index (χ4v) is 2.42. The van der Waals surface area contributed by atoms with E-state index in [4.69, 9.17) is 0 Å². The van der Waals surface area contributed by atoms with Gasteiger partial charge >= 0.3 is 0 Å². The van der Waals surface area contributed by atoms with E-state index in [2.05, 4.69) is 67.1 Å². The van der Waals surface area contributed by atoms with Crippen molar-refractivity contribution in [3.63, 3.8) is 0 Å². The van der Waals surface area contributed by atoms with E-state index in [9.17, 15) is 0 Å². The van der Waals surface area contributed by atoms with Crippen molar-refractivity contribution >= 4 is 5.57 Å². The third-order valence-electron chi connectivity index (χ3n) is 3.97. The molecule has 0 atom stereocenters. The van der Waals surface area contributed by atoms with Crippen LogP contribution in [0.4, 0.5) is 0 Å². The van der Waals surface area contributed by atoms with Crippen molar-refractivity contribution in [1.82, 2.24) is 5.32 Å². The summed E-state index contributed by atoms with van der Waals surface area (Å²) in [5.74, 6) is 6.45. The Kier molecular flexibility index (Phi) is 7.33. The Labute approximate surface area is 146 Å². The third kappa shape index (κ3) is 6.07. The Morgan fingerprint density at radius 1 is 0.917 bits per heavy atom.